The van der Waals surface area contributed by atoms with Crippen LogP contribution < -0.4 is 0 Å². The first-order valence-corrected chi connectivity index (χ1v) is 6.94. The number of nitriles is 1. The Balaban J connectivity index is 1.98. The second-order valence-corrected chi connectivity index (χ2v) is 4.99. The van der Waals surface area contributed by atoms with Gasteiger partial charge in [-0.1, -0.05) is 18.2 Å². The maximum Gasteiger partial charge on any atom is 0.134 e. The number of benzene rings is 2. The van der Waals surface area contributed by atoms with Crippen LogP contribution in [0.5, 0.6) is 0 Å². The van der Waals surface area contributed by atoms with Crippen LogP contribution >= 0.6 is 0 Å². The zero-order valence-corrected chi connectivity index (χ0v) is 11.5. The Bertz CT molecular complexity index is 811. The third-order valence-corrected chi connectivity index (χ3v) is 3.47. The van der Waals surface area contributed by atoms with Crippen LogP contribution in [0.25, 0.3) is 22.1 Å². The maximum absolute atomic E-state index is 8.98. The molecule has 3 nitrogen and oxygen atoms in total. The summed E-state index contributed by atoms with van der Waals surface area (Å²) < 4.78 is 5.74. The summed E-state index contributed by atoms with van der Waals surface area (Å²) in [6.07, 6.45) is 1.45. The van der Waals surface area contributed by atoms with Crippen LogP contribution in [-0.2, 0) is 6.42 Å². The van der Waals surface area contributed by atoms with E-state index >= 15 is 0 Å². The third kappa shape index (κ3) is 2.81. The van der Waals surface area contributed by atoms with E-state index in [0.717, 1.165) is 34.3 Å². The van der Waals surface area contributed by atoms with Crippen LogP contribution in [0.3, 0.4) is 0 Å². The summed E-state index contributed by atoms with van der Waals surface area (Å²) in [4.78, 5) is 0. The summed E-state index contributed by atoms with van der Waals surface area (Å²) >= 11 is 0. The quantitative estimate of drug-likeness (QED) is 0.787. The smallest absolute Gasteiger partial charge is 0.134 e. The van der Waals surface area contributed by atoms with E-state index in [4.69, 9.17) is 14.8 Å². The summed E-state index contributed by atoms with van der Waals surface area (Å²) in [6.45, 7) is 0.170. The first-order valence-electron chi connectivity index (χ1n) is 6.94. The molecule has 0 amide bonds. The summed E-state index contributed by atoms with van der Waals surface area (Å²) in [5.74, 6) is 0.891. The van der Waals surface area contributed by atoms with E-state index < -0.39 is 0 Å². The Labute approximate surface area is 123 Å². The van der Waals surface area contributed by atoms with Crippen molar-refractivity contribution in [1.29, 1.82) is 5.26 Å². The molecule has 3 rings (SSSR count). The van der Waals surface area contributed by atoms with Gasteiger partial charge in [0.1, 0.15) is 11.3 Å². The molecule has 0 atom stereocenters. The average molecular weight is 277 g/mol. The lowest BCUT2D eigenvalue weighted by Gasteiger charge is -2.01. The predicted octanol–water partition coefficient (Wildman–Crippen LogP) is 3.90. The van der Waals surface area contributed by atoms with Crippen molar-refractivity contribution in [3.63, 3.8) is 0 Å². The largest absolute Gasteiger partial charge is 0.461 e. The van der Waals surface area contributed by atoms with Gasteiger partial charge >= 0.3 is 0 Å². The monoisotopic (exact) mass is 277 g/mol. The number of aliphatic hydroxyl groups is 1. The fourth-order valence-corrected chi connectivity index (χ4v) is 2.42. The van der Waals surface area contributed by atoms with Gasteiger partial charge in [-0.3, -0.25) is 0 Å². The lowest BCUT2D eigenvalue weighted by Crippen LogP contribution is -1.85. The summed E-state index contributed by atoms with van der Waals surface area (Å²) in [6, 6.07) is 17.8. The topological polar surface area (TPSA) is 57.2 Å². The van der Waals surface area contributed by atoms with E-state index in [-0.39, 0.29) is 6.61 Å². The Hall–Kier alpha value is -2.57. The molecule has 0 bridgehead atoms. The molecule has 0 spiro atoms. The number of nitrogens with zero attached hydrogens (tertiary/aromatic N) is 1. The van der Waals surface area contributed by atoms with E-state index in [1.165, 1.54) is 0 Å². The van der Waals surface area contributed by atoms with Crippen molar-refractivity contribution in [2.24, 2.45) is 0 Å². The molecule has 3 aromatic rings. The number of hydrogen-bond acceptors (Lipinski definition) is 3. The second-order valence-electron chi connectivity index (χ2n) is 4.99. The molecular formula is C18H15NO2. The van der Waals surface area contributed by atoms with Crippen molar-refractivity contribution >= 4 is 11.0 Å². The van der Waals surface area contributed by atoms with Crippen molar-refractivity contribution in [3.8, 4) is 17.2 Å². The number of rotatable bonds is 4. The Morgan fingerprint density at radius 3 is 2.71 bits per heavy atom. The molecule has 0 radical (unpaired) electrons. The van der Waals surface area contributed by atoms with E-state index in [9.17, 15) is 0 Å². The van der Waals surface area contributed by atoms with Crippen LogP contribution in [-0.4, -0.2) is 11.7 Å². The fourth-order valence-electron chi connectivity index (χ4n) is 2.42. The molecular weight excluding hydrogens is 262 g/mol. The average Bonchev–Trinajstić information content (AvgIpc) is 2.94. The highest BCUT2D eigenvalue weighted by Gasteiger charge is 2.06. The van der Waals surface area contributed by atoms with Gasteiger partial charge in [0.2, 0.25) is 0 Å². The van der Waals surface area contributed by atoms with Crippen LogP contribution in [0.2, 0.25) is 0 Å². The Morgan fingerprint density at radius 2 is 1.90 bits per heavy atom. The molecule has 1 heterocycles. The van der Waals surface area contributed by atoms with Gasteiger partial charge in [0, 0.05) is 18.4 Å². The lowest BCUT2D eigenvalue weighted by molar-refractivity contribution is 0.285. The Kier molecular flexibility index (Phi) is 3.72. The van der Waals surface area contributed by atoms with Crippen LogP contribution in [0, 0.1) is 11.3 Å². The minimum absolute atomic E-state index is 0.170. The molecule has 0 saturated heterocycles. The van der Waals surface area contributed by atoms with Crippen molar-refractivity contribution in [3.05, 3.63) is 59.9 Å². The molecule has 0 aliphatic rings. The molecule has 1 N–H and O–H groups in total. The minimum Gasteiger partial charge on any atom is -0.461 e. The highest BCUT2D eigenvalue weighted by molar-refractivity contribution is 5.84. The number of aliphatic hydroxyl groups excluding tert-OH is 1. The summed E-state index contributed by atoms with van der Waals surface area (Å²) in [5.41, 5.74) is 3.59. The van der Waals surface area contributed by atoms with Gasteiger partial charge in [-0.15, -0.1) is 0 Å². The van der Waals surface area contributed by atoms with Crippen molar-refractivity contribution in [1.82, 2.24) is 0 Å². The van der Waals surface area contributed by atoms with Crippen molar-refractivity contribution < 1.29 is 9.52 Å². The summed E-state index contributed by atoms with van der Waals surface area (Å²) in [5, 5.41) is 18.9. The van der Waals surface area contributed by atoms with Gasteiger partial charge in [0.15, 0.2) is 0 Å². The zero-order valence-electron chi connectivity index (χ0n) is 11.5. The number of aryl methyl sites for hydroxylation is 1. The molecule has 0 saturated carbocycles. The van der Waals surface area contributed by atoms with Gasteiger partial charge in [-0.2, -0.15) is 5.26 Å². The number of hydrogen-bond donors (Lipinski definition) is 1. The molecule has 0 fully saturated rings. The van der Waals surface area contributed by atoms with Crippen LogP contribution in [0.4, 0.5) is 0 Å². The predicted molar refractivity (Wildman–Crippen MR) is 81.8 cm³/mol. The van der Waals surface area contributed by atoms with Crippen LogP contribution in [0.15, 0.2) is 52.9 Å². The zero-order chi connectivity index (χ0) is 14.7. The number of furan rings is 1. The van der Waals surface area contributed by atoms with E-state index in [1.54, 1.807) is 6.07 Å². The molecule has 0 aliphatic heterocycles. The molecule has 3 heteroatoms. The summed E-state index contributed by atoms with van der Waals surface area (Å²) in [7, 11) is 0. The second kappa shape index (κ2) is 5.82. The Morgan fingerprint density at radius 1 is 1.05 bits per heavy atom. The van der Waals surface area contributed by atoms with Gasteiger partial charge in [0.05, 0.1) is 11.6 Å². The molecule has 0 aliphatic carbocycles. The molecule has 2 aromatic carbocycles. The van der Waals surface area contributed by atoms with Gasteiger partial charge < -0.3 is 9.52 Å². The molecule has 21 heavy (non-hydrogen) atoms. The minimum atomic E-state index is 0.170. The third-order valence-electron chi connectivity index (χ3n) is 3.47. The molecule has 1 aromatic heterocycles. The molecule has 0 unspecified atom stereocenters. The van der Waals surface area contributed by atoms with Crippen LogP contribution in [0.1, 0.15) is 17.7 Å². The van der Waals surface area contributed by atoms with E-state index in [2.05, 4.69) is 12.1 Å². The van der Waals surface area contributed by atoms with Gasteiger partial charge in [-0.05, 0) is 47.9 Å². The maximum atomic E-state index is 8.98. The van der Waals surface area contributed by atoms with Crippen molar-refractivity contribution in [2.45, 2.75) is 12.8 Å². The van der Waals surface area contributed by atoms with Gasteiger partial charge in [0.25, 0.3) is 0 Å². The van der Waals surface area contributed by atoms with E-state index in [0.29, 0.717) is 12.0 Å². The first-order chi connectivity index (χ1) is 10.3. The highest BCUT2D eigenvalue weighted by Crippen LogP contribution is 2.27. The normalized spacial score (nSPS) is 10.7. The highest BCUT2D eigenvalue weighted by atomic mass is 16.3. The molecule has 104 valence electrons. The van der Waals surface area contributed by atoms with Crippen molar-refractivity contribution in [2.75, 3.05) is 6.61 Å². The fraction of sp³-hybridized carbons (Fsp3) is 0.167. The number of fused-ring (bicyclic) bond motifs is 1. The lowest BCUT2D eigenvalue weighted by atomic mass is 10.0. The van der Waals surface area contributed by atoms with Gasteiger partial charge in [-0.25, -0.2) is 0 Å². The van der Waals surface area contributed by atoms with E-state index in [1.807, 2.05) is 36.4 Å². The SMILES string of the molecule is N#Cc1cccc(-c2ccc3oc(CCCO)cc3c2)c1. The first kappa shape index (κ1) is 13.4. The standard InChI is InChI=1S/C18H15NO2/c19-12-13-3-1-4-14(9-13)15-6-7-18-16(10-15)11-17(21-18)5-2-8-20/h1,3-4,6-7,9-11,20H,2,5,8H2.